The first-order chi connectivity index (χ1) is 11.1. The minimum absolute atomic E-state index is 0.0115. The number of fused-ring (bicyclic) bond motifs is 1. The first-order valence-corrected chi connectivity index (χ1v) is 7.81. The van der Waals surface area contributed by atoms with Crippen LogP contribution in [0.5, 0.6) is 5.75 Å². The molecule has 0 bridgehead atoms. The van der Waals surface area contributed by atoms with Gasteiger partial charge in [-0.25, -0.2) is 9.89 Å². The fourth-order valence-electron chi connectivity index (χ4n) is 2.60. The zero-order chi connectivity index (χ0) is 16.2. The lowest BCUT2D eigenvalue weighted by Crippen LogP contribution is -2.38. The van der Waals surface area contributed by atoms with Gasteiger partial charge in [-0.2, -0.15) is 5.10 Å². The van der Waals surface area contributed by atoms with Gasteiger partial charge in [0.1, 0.15) is 11.6 Å². The Kier molecular flexibility index (Phi) is 4.66. The lowest BCUT2D eigenvalue weighted by atomic mass is 10.1. The second kappa shape index (κ2) is 6.87. The number of aromatic amines is 1. The monoisotopic (exact) mass is 336 g/mol. The molecule has 1 aliphatic heterocycles. The highest BCUT2D eigenvalue weighted by Gasteiger charge is 2.20. The molecule has 2 N–H and O–H groups in total. The van der Waals surface area contributed by atoms with Gasteiger partial charge in [-0.1, -0.05) is 11.6 Å². The van der Waals surface area contributed by atoms with Crippen LogP contribution in [0.2, 0.25) is 5.02 Å². The van der Waals surface area contributed by atoms with Crippen molar-refractivity contribution in [2.75, 3.05) is 6.61 Å². The van der Waals surface area contributed by atoms with E-state index < -0.39 is 0 Å². The third-order valence-electron chi connectivity index (χ3n) is 3.80. The molecule has 0 radical (unpaired) electrons. The average molecular weight is 337 g/mol. The number of amides is 1. The van der Waals surface area contributed by atoms with E-state index in [-0.39, 0.29) is 24.2 Å². The van der Waals surface area contributed by atoms with Crippen LogP contribution in [-0.4, -0.2) is 33.3 Å². The van der Waals surface area contributed by atoms with E-state index >= 15 is 0 Å². The number of halogens is 1. The summed E-state index contributed by atoms with van der Waals surface area (Å²) in [5.41, 5.74) is -0.196. The van der Waals surface area contributed by atoms with Crippen molar-refractivity contribution in [3.05, 3.63) is 45.6 Å². The lowest BCUT2D eigenvalue weighted by Gasteiger charge is -2.16. The molecule has 23 heavy (non-hydrogen) atoms. The zero-order valence-corrected chi connectivity index (χ0v) is 13.2. The predicted octanol–water partition coefficient (Wildman–Crippen LogP) is 1.12. The van der Waals surface area contributed by atoms with E-state index in [2.05, 4.69) is 15.5 Å². The number of carbonyl (C=O) groups excluding carboxylic acids is 1. The van der Waals surface area contributed by atoms with Crippen molar-refractivity contribution in [3.63, 3.8) is 0 Å². The maximum atomic E-state index is 12.0. The van der Waals surface area contributed by atoms with E-state index in [9.17, 15) is 9.59 Å². The van der Waals surface area contributed by atoms with Gasteiger partial charge in [0, 0.05) is 24.0 Å². The molecule has 1 aromatic carbocycles. The number of aryl methyl sites for hydroxylation is 1. The Bertz CT molecular complexity index is 738. The summed E-state index contributed by atoms with van der Waals surface area (Å²) < 4.78 is 7.04. The van der Waals surface area contributed by atoms with Crippen LogP contribution < -0.4 is 15.7 Å². The van der Waals surface area contributed by atoms with Crippen LogP contribution in [0.15, 0.2) is 29.1 Å². The van der Waals surface area contributed by atoms with Crippen LogP contribution >= 0.6 is 11.6 Å². The highest BCUT2D eigenvalue weighted by atomic mass is 35.5. The second-order valence-corrected chi connectivity index (χ2v) is 5.87. The molecule has 1 unspecified atom stereocenters. The van der Waals surface area contributed by atoms with Crippen LogP contribution in [0.3, 0.4) is 0 Å². The van der Waals surface area contributed by atoms with Gasteiger partial charge in [0.05, 0.1) is 0 Å². The van der Waals surface area contributed by atoms with E-state index in [1.807, 2.05) is 0 Å². The molecule has 0 saturated carbocycles. The third-order valence-corrected chi connectivity index (χ3v) is 4.06. The van der Waals surface area contributed by atoms with E-state index in [0.29, 0.717) is 30.2 Å². The number of H-pyrrole nitrogens is 1. The van der Waals surface area contributed by atoms with Gasteiger partial charge in [-0.05, 0) is 37.1 Å². The second-order valence-electron chi connectivity index (χ2n) is 5.43. The number of benzene rings is 1. The molecule has 0 aliphatic carbocycles. The maximum Gasteiger partial charge on any atom is 0.343 e. The fraction of sp³-hybridized carbons (Fsp3) is 0.400. The van der Waals surface area contributed by atoms with Gasteiger partial charge in [0.15, 0.2) is 6.61 Å². The number of nitrogens with zero attached hydrogens (tertiary/aromatic N) is 2. The quantitative estimate of drug-likeness (QED) is 0.875. The Morgan fingerprint density at radius 1 is 1.39 bits per heavy atom. The van der Waals surface area contributed by atoms with Crippen LogP contribution in [0, 0.1) is 0 Å². The molecule has 7 nitrogen and oxygen atoms in total. The van der Waals surface area contributed by atoms with Crippen molar-refractivity contribution in [1.29, 1.82) is 0 Å². The highest BCUT2D eigenvalue weighted by Crippen LogP contribution is 2.15. The Labute approximate surface area is 137 Å². The van der Waals surface area contributed by atoms with Crippen molar-refractivity contribution >= 4 is 17.5 Å². The van der Waals surface area contributed by atoms with E-state index in [0.717, 1.165) is 12.2 Å². The molecule has 1 atom stereocenters. The summed E-state index contributed by atoms with van der Waals surface area (Å²) in [6, 6.07) is 6.86. The summed E-state index contributed by atoms with van der Waals surface area (Å²) in [5.74, 6) is 1.15. The zero-order valence-electron chi connectivity index (χ0n) is 12.4. The number of rotatable bonds is 4. The molecule has 3 rings (SSSR count). The number of aromatic nitrogens is 3. The van der Waals surface area contributed by atoms with Crippen molar-refractivity contribution in [1.82, 2.24) is 20.1 Å². The first kappa shape index (κ1) is 15.6. The Hall–Kier alpha value is -2.28. The molecule has 1 aliphatic rings. The Morgan fingerprint density at radius 3 is 2.96 bits per heavy atom. The molecule has 1 amide bonds. The Morgan fingerprint density at radius 2 is 2.17 bits per heavy atom. The Balaban J connectivity index is 1.49. The van der Waals surface area contributed by atoms with Gasteiger partial charge in [0.2, 0.25) is 0 Å². The lowest BCUT2D eigenvalue weighted by molar-refractivity contribution is -0.123. The normalized spacial score (nSPS) is 17.2. The maximum absolute atomic E-state index is 12.0. The van der Waals surface area contributed by atoms with Crippen molar-refractivity contribution in [2.45, 2.75) is 31.8 Å². The number of hydrogen-bond acceptors (Lipinski definition) is 4. The minimum atomic E-state index is -0.196. The summed E-state index contributed by atoms with van der Waals surface area (Å²) in [6.45, 7) is 0.497. The van der Waals surface area contributed by atoms with Gasteiger partial charge in [-0.15, -0.1) is 0 Å². The smallest absolute Gasteiger partial charge is 0.343 e. The van der Waals surface area contributed by atoms with Crippen LogP contribution in [-0.2, 0) is 17.8 Å². The molecule has 8 heteroatoms. The summed E-state index contributed by atoms with van der Waals surface area (Å²) in [7, 11) is 0. The molecular formula is C15H17ClN4O3. The van der Waals surface area contributed by atoms with Crippen molar-refractivity contribution in [2.24, 2.45) is 0 Å². The van der Waals surface area contributed by atoms with Crippen LogP contribution in [0.1, 0.15) is 18.7 Å². The van der Waals surface area contributed by atoms with E-state index in [1.54, 1.807) is 28.8 Å². The summed E-state index contributed by atoms with van der Waals surface area (Å²) in [4.78, 5) is 23.5. The topological polar surface area (TPSA) is 89.0 Å². The summed E-state index contributed by atoms with van der Waals surface area (Å²) in [5, 5.41) is 10.00. The van der Waals surface area contributed by atoms with Crippen LogP contribution in [0.25, 0.3) is 0 Å². The first-order valence-electron chi connectivity index (χ1n) is 7.43. The largest absolute Gasteiger partial charge is 0.484 e. The molecule has 122 valence electrons. The van der Waals surface area contributed by atoms with Gasteiger partial charge >= 0.3 is 5.69 Å². The van der Waals surface area contributed by atoms with Gasteiger partial charge in [0.25, 0.3) is 5.91 Å². The molecule has 2 aromatic rings. The highest BCUT2D eigenvalue weighted by molar-refractivity contribution is 6.30. The third kappa shape index (κ3) is 3.92. The van der Waals surface area contributed by atoms with Crippen molar-refractivity contribution < 1.29 is 9.53 Å². The molecule has 0 fully saturated rings. The fourth-order valence-corrected chi connectivity index (χ4v) is 2.72. The van der Waals surface area contributed by atoms with Gasteiger partial charge in [-0.3, -0.25) is 9.36 Å². The molecule has 1 aromatic heterocycles. The van der Waals surface area contributed by atoms with Crippen LogP contribution in [0.4, 0.5) is 0 Å². The standard InChI is InChI=1S/C15H17ClN4O3/c16-10-1-4-12(5-2-10)23-9-14(21)17-11-3-6-13-18-19-15(22)20(13)8-7-11/h1-2,4-5,11H,3,6-9H2,(H,17,21)(H,19,22). The van der Waals surface area contributed by atoms with E-state index in [1.165, 1.54) is 0 Å². The average Bonchev–Trinajstić information content (AvgIpc) is 2.77. The number of carbonyl (C=O) groups is 1. The number of ether oxygens (including phenoxy) is 1. The minimum Gasteiger partial charge on any atom is -0.484 e. The van der Waals surface area contributed by atoms with E-state index in [4.69, 9.17) is 16.3 Å². The number of hydrogen-bond donors (Lipinski definition) is 2. The summed E-state index contributed by atoms with van der Waals surface area (Å²) in [6.07, 6.45) is 2.10. The molecule has 2 heterocycles. The molecule has 0 saturated heterocycles. The predicted molar refractivity (Wildman–Crippen MR) is 84.7 cm³/mol. The number of nitrogens with one attached hydrogen (secondary N) is 2. The molecular weight excluding hydrogens is 320 g/mol. The molecule has 0 spiro atoms. The van der Waals surface area contributed by atoms with Crippen molar-refractivity contribution in [3.8, 4) is 5.75 Å². The van der Waals surface area contributed by atoms with Gasteiger partial charge < -0.3 is 10.1 Å². The SMILES string of the molecule is O=C(COc1ccc(Cl)cc1)NC1CCc2n[nH]c(=O)n2CC1. The summed E-state index contributed by atoms with van der Waals surface area (Å²) >= 11 is 5.79.